The van der Waals surface area contributed by atoms with Crippen molar-refractivity contribution in [1.82, 2.24) is 19.8 Å². The van der Waals surface area contributed by atoms with Crippen LogP contribution in [0.25, 0.3) is 11.4 Å². The van der Waals surface area contributed by atoms with E-state index in [1.165, 1.54) is 33.5 Å². The molecule has 2 aromatic carbocycles. The van der Waals surface area contributed by atoms with E-state index in [1.807, 2.05) is 0 Å². The lowest BCUT2D eigenvalue weighted by atomic mass is 10.1. The van der Waals surface area contributed by atoms with Gasteiger partial charge in [0.25, 0.3) is 11.8 Å². The second kappa shape index (κ2) is 6.84. The smallest absolute Gasteiger partial charge is 0.261 e. The Morgan fingerprint density at radius 3 is 2.37 bits per heavy atom. The lowest BCUT2D eigenvalue weighted by Gasteiger charge is -2.12. The van der Waals surface area contributed by atoms with Gasteiger partial charge in [0.1, 0.15) is 5.82 Å². The van der Waals surface area contributed by atoms with Gasteiger partial charge in [-0.05, 0) is 24.3 Å². The molecule has 0 bridgehead atoms. The largest absolute Gasteiger partial charge is 0.335 e. The summed E-state index contributed by atoms with van der Waals surface area (Å²) in [6.45, 7) is 0.221. The minimum absolute atomic E-state index is 0.221. The van der Waals surface area contributed by atoms with E-state index in [4.69, 9.17) is 5.84 Å². The Kier molecular flexibility index (Phi) is 4.36. The zero-order valence-corrected chi connectivity index (χ0v) is 14.8. The van der Waals surface area contributed by atoms with Crippen molar-refractivity contribution in [1.29, 1.82) is 0 Å². The second-order valence-corrected chi connectivity index (χ2v) is 6.90. The average Bonchev–Trinajstić information content (AvgIpc) is 3.15. The molecule has 0 radical (unpaired) electrons. The number of nitrogens with zero attached hydrogens (tertiary/aromatic N) is 4. The number of nitrogen functional groups attached to an aromatic ring is 1. The SMILES string of the molecule is Nn1c(SCCN2C(=O)c3ccccc3C2=O)nnc1-c1cccc(F)c1. The van der Waals surface area contributed by atoms with Crippen LogP contribution in [0, 0.1) is 5.82 Å². The van der Waals surface area contributed by atoms with E-state index < -0.39 is 5.82 Å². The van der Waals surface area contributed by atoms with Crippen LogP contribution >= 0.6 is 11.8 Å². The van der Waals surface area contributed by atoms with E-state index in [0.717, 1.165) is 0 Å². The summed E-state index contributed by atoms with van der Waals surface area (Å²) in [5, 5.41) is 8.40. The number of amides is 2. The quantitative estimate of drug-likeness (QED) is 0.412. The monoisotopic (exact) mass is 383 g/mol. The van der Waals surface area contributed by atoms with Crippen LogP contribution in [0.2, 0.25) is 0 Å². The van der Waals surface area contributed by atoms with Gasteiger partial charge in [0.15, 0.2) is 5.82 Å². The Balaban J connectivity index is 1.44. The van der Waals surface area contributed by atoms with Gasteiger partial charge in [-0.1, -0.05) is 36.0 Å². The number of hydrogen-bond donors (Lipinski definition) is 1. The first-order valence-corrected chi connectivity index (χ1v) is 9.09. The summed E-state index contributed by atoms with van der Waals surface area (Å²) in [4.78, 5) is 25.9. The first kappa shape index (κ1) is 17.2. The third-order valence-electron chi connectivity index (χ3n) is 4.17. The van der Waals surface area contributed by atoms with E-state index in [0.29, 0.717) is 33.4 Å². The first-order valence-electron chi connectivity index (χ1n) is 8.10. The van der Waals surface area contributed by atoms with Crippen molar-refractivity contribution in [3.05, 3.63) is 65.5 Å². The molecule has 4 rings (SSSR count). The van der Waals surface area contributed by atoms with Gasteiger partial charge in [0.2, 0.25) is 5.16 Å². The number of hydrogen-bond acceptors (Lipinski definition) is 6. The fourth-order valence-corrected chi connectivity index (χ4v) is 3.65. The molecule has 136 valence electrons. The van der Waals surface area contributed by atoms with Crippen LogP contribution in [0.15, 0.2) is 53.7 Å². The summed E-state index contributed by atoms with van der Waals surface area (Å²) in [5.74, 6) is 5.75. The fraction of sp³-hybridized carbons (Fsp3) is 0.111. The third kappa shape index (κ3) is 3.06. The molecule has 2 heterocycles. The maximum Gasteiger partial charge on any atom is 0.261 e. The van der Waals surface area contributed by atoms with Crippen molar-refractivity contribution in [3.63, 3.8) is 0 Å². The van der Waals surface area contributed by atoms with Crippen LogP contribution < -0.4 is 5.84 Å². The van der Waals surface area contributed by atoms with Crippen LogP contribution in [-0.4, -0.2) is 43.9 Å². The van der Waals surface area contributed by atoms with Crippen molar-refractivity contribution in [2.75, 3.05) is 18.1 Å². The molecule has 0 aliphatic carbocycles. The molecule has 1 aromatic heterocycles. The Hall–Kier alpha value is -3.20. The molecule has 2 N–H and O–H groups in total. The number of nitrogens with two attached hydrogens (primary N) is 1. The summed E-state index contributed by atoms with van der Waals surface area (Å²) in [6.07, 6.45) is 0. The normalized spacial score (nSPS) is 13.3. The van der Waals surface area contributed by atoms with Crippen molar-refractivity contribution in [3.8, 4) is 11.4 Å². The molecule has 7 nitrogen and oxygen atoms in total. The molecular weight excluding hydrogens is 369 g/mol. The van der Waals surface area contributed by atoms with Gasteiger partial charge in [-0.15, -0.1) is 10.2 Å². The first-order chi connectivity index (χ1) is 13.1. The van der Waals surface area contributed by atoms with Crippen LogP contribution in [-0.2, 0) is 0 Å². The Morgan fingerprint density at radius 1 is 1.00 bits per heavy atom. The minimum atomic E-state index is -0.393. The summed E-state index contributed by atoms with van der Waals surface area (Å²) >= 11 is 1.26. The highest BCUT2D eigenvalue weighted by atomic mass is 32.2. The highest BCUT2D eigenvalue weighted by molar-refractivity contribution is 7.99. The lowest BCUT2D eigenvalue weighted by Crippen LogP contribution is -2.32. The molecule has 3 aromatic rings. The average molecular weight is 383 g/mol. The molecule has 1 aliphatic rings. The second-order valence-electron chi connectivity index (χ2n) is 5.84. The van der Waals surface area contributed by atoms with Crippen LogP contribution in [0.5, 0.6) is 0 Å². The molecule has 0 fully saturated rings. The molecular formula is C18H14FN5O2S. The van der Waals surface area contributed by atoms with Crippen molar-refractivity contribution >= 4 is 23.6 Å². The molecule has 0 saturated heterocycles. The number of rotatable bonds is 5. The zero-order valence-electron chi connectivity index (χ0n) is 14.0. The minimum Gasteiger partial charge on any atom is -0.335 e. The van der Waals surface area contributed by atoms with Gasteiger partial charge in [0.05, 0.1) is 11.1 Å². The van der Waals surface area contributed by atoms with E-state index in [2.05, 4.69) is 10.2 Å². The number of imide groups is 1. The summed E-state index contributed by atoms with van der Waals surface area (Å²) in [7, 11) is 0. The highest BCUT2D eigenvalue weighted by Gasteiger charge is 2.34. The van der Waals surface area contributed by atoms with Gasteiger partial charge in [-0.2, -0.15) is 0 Å². The molecule has 27 heavy (non-hydrogen) atoms. The standard InChI is InChI=1S/C18H14FN5O2S/c19-12-5-3-4-11(10-12)15-21-22-18(24(15)20)27-9-8-23-16(25)13-6-1-2-7-14(13)17(23)26/h1-7,10H,8-9,20H2. The van der Waals surface area contributed by atoms with Crippen molar-refractivity contribution < 1.29 is 14.0 Å². The summed E-state index contributed by atoms with van der Waals surface area (Å²) < 4.78 is 14.6. The number of carbonyl (C=O) groups excluding carboxylic acids is 2. The predicted octanol–water partition coefficient (Wildman–Crippen LogP) is 2.19. The Morgan fingerprint density at radius 2 is 1.70 bits per heavy atom. The predicted molar refractivity (Wildman–Crippen MR) is 98.1 cm³/mol. The molecule has 0 unspecified atom stereocenters. The third-order valence-corrected chi connectivity index (χ3v) is 5.09. The highest BCUT2D eigenvalue weighted by Crippen LogP contribution is 2.25. The molecule has 0 saturated carbocycles. The number of aromatic nitrogens is 3. The Labute approximate surface area is 158 Å². The molecule has 9 heteroatoms. The summed E-state index contributed by atoms with van der Waals surface area (Å²) in [5.41, 5.74) is 1.35. The van der Waals surface area contributed by atoms with Gasteiger partial charge in [0, 0.05) is 17.9 Å². The van der Waals surface area contributed by atoms with Crippen LogP contribution in [0.4, 0.5) is 4.39 Å². The number of thioether (sulfide) groups is 1. The maximum atomic E-state index is 13.4. The Bertz CT molecular complexity index is 1020. The van der Waals surface area contributed by atoms with Crippen molar-refractivity contribution in [2.24, 2.45) is 0 Å². The van der Waals surface area contributed by atoms with E-state index >= 15 is 0 Å². The number of halogens is 1. The van der Waals surface area contributed by atoms with E-state index in [-0.39, 0.29) is 18.4 Å². The van der Waals surface area contributed by atoms with Gasteiger partial charge in [-0.3, -0.25) is 14.5 Å². The molecule has 2 amide bonds. The number of carbonyl (C=O) groups is 2. The topological polar surface area (TPSA) is 94.1 Å². The van der Waals surface area contributed by atoms with Gasteiger partial charge in [-0.25, -0.2) is 9.07 Å². The fourth-order valence-electron chi connectivity index (χ4n) is 2.87. The zero-order chi connectivity index (χ0) is 19.0. The van der Waals surface area contributed by atoms with Crippen LogP contribution in [0.1, 0.15) is 20.7 Å². The van der Waals surface area contributed by atoms with Crippen molar-refractivity contribution in [2.45, 2.75) is 5.16 Å². The van der Waals surface area contributed by atoms with Gasteiger partial charge >= 0.3 is 0 Å². The lowest BCUT2D eigenvalue weighted by molar-refractivity contribution is 0.0664. The molecule has 0 atom stereocenters. The maximum absolute atomic E-state index is 13.4. The van der Waals surface area contributed by atoms with E-state index in [1.54, 1.807) is 36.4 Å². The van der Waals surface area contributed by atoms with E-state index in [9.17, 15) is 14.0 Å². The van der Waals surface area contributed by atoms with Crippen LogP contribution in [0.3, 0.4) is 0 Å². The molecule has 1 aliphatic heterocycles. The number of fused-ring (bicyclic) bond motifs is 1. The molecule has 0 spiro atoms. The summed E-state index contributed by atoms with van der Waals surface area (Å²) in [6, 6.07) is 12.6. The van der Waals surface area contributed by atoms with Gasteiger partial charge < -0.3 is 5.84 Å². The number of benzene rings is 2.